The quantitative estimate of drug-likeness (QED) is 0.521. The Bertz CT molecular complexity index is 1050. The van der Waals surface area contributed by atoms with Gasteiger partial charge < -0.3 is 10.6 Å². The minimum absolute atomic E-state index is 0.205. The average Bonchev–Trinajstić information content (AvgIpc) is 3.12. The molecule has 1 heterocycles. The van der Waals surface area contributed by atoms with E-state index in [1.165, 1.54) is 23.1 Å². The molecule has 0 bridgehead atoms. The molecule has 1 unspecified atom stereocenters. The van der Waals surface area contributed by atoms with Gasteiger partial charge in [0.05, 0.1) is 16.5 Å². The molecule has 142 valence electrons. The Morgan fingerprint density at radius 3 is 2.75 bits per heavy atom. The summed E-state index contributed by atoms with van der Waals surface area (Å²) in [7, 11) is 0. The number of halogens is 1. The van der Waals surface area contributed by atoms with Gasteiger partial charge in [-0.15, -0.1) is 10.2 Å². The molecule has 0 radical (unpaired) electrons. The number of anilines is 3. The number of hydrogen-bond acceptors (Lipinski definition) is 7. The third-order valence-corrected chi connectivity index (χ3v) is 6.30. The summed E-state index contributed by atoms with van der Waals surface area (Å²) in [5, 5.41) is 24.3. The maximum Gasteiger partial charge on any atom is 0.237 e. The number of amides is 1. The van der Waals surface area contributed by atoms with Crippen molar-refractivity contribution >= 4 is 57.1 Å². The monoisotopic (exact) mass is 429 g/mol. The second kappa shape index (κ2) is 9.06. The third kappa shape index (κ3) is 4.81. The summed E-state index contributed by atoms with van der Waals surface area (Å²) in [5.41, 5.74) is 2.71. The minimum atomic E-state index is -0.402. The second-order valence-electron chi connectivity index (χ2n) is 5.82. The SMILES string of the molecule is Cc1c(Cl)cccc1Nc1nnc(SC(C)C(=O)Nc2ccccc2C#N)s1. The number of nitrogens with one attached hydrogen (secondary N) is 2. The molecule has 2 aromatic carbocycles. The fraction of sp³-hybridized carbons (Fsp3) is 0.158. The molecule has 1 aromatic heterocycles. The van der Waals surface area contributed by atoms with Crippen LogP contribution in [-0.2, 0) is 4.79 Å². The van der Waals surface area contributed by atoms with Crippen molar-refractivity contribution in [3.05, 3.63) is 58.6 Å². The van der Waals surface area contributed by atoms with Crippen LogP contribution >= 0.6 is 34.7 Å². The van der Waals surface area contributed by atoms with Gasteiger partial charge in [0.25, 0.3) is 0 Å². The van der Waals surface area contributed by atoms with Gasteiger partial charge in [-0.1, -0.05) is 52.9 Å². The van der Waals surface area contributed by atoms with E-state index < -0.39 is 5.25 Å². The van der Waals surface area contributed by atoms with Crippen molar-refractivity contribution in [3.63, 3.8) is 0 Å². The lowest BCUT2D eigenvalue weighted by atomic mass is 10.2. The van der Waals surface area contributed by atoms with Gasteiger partial charge >= 0.3 is 0 Å². The molecule has 1 amide bonds. The van der Waals surface area contributed by atoms with Gasteiger partial charge in [0.2, 0.25) is 11.0 Å². The molecule has 0 spiro atoms. The first-order valence-electron chi connectivity index (χ1n) is 8.30. The predicted octanol–water partition coefficient (Wildman–Crippen LogP) is 5.23. The molecule has 3 aromatic rings. The number of carbonyl (C=O) groups excluding carboxylic acids is 1. The Labute approximate surface area is 175 Å². The lowest BCUT2D eigenvalue weighted by Gasteiger charge is -2.11. The van der Waals surface area contributed by atoms with Crippen LogP contribution < -0.4 is 10.6 Å². The number of rotatable bonds is 6. The Hall–Kier alpha value is -2.60. The van der Waals surface area contributed by atoms with Crippen LogP contribution in [0.3, 0.4) is 0 Å². The van der Waals surface area contributed by atoms with E-state index in [2.05, 4.69) is 26.9 Å². The molecular weight excluding hydrogens is 414 g/mol. The number of carbonyl (C=O) groups is 1. The minimum Gasteiger partial charge on any atom is -0.330 e. The number of nitrogens with zero attached hydrogens (tertiary/aromatic N) is 3. The molecule has 3 rings (SSSR count). The van der Waals surface area contributed by atoms with E-state index in [9.17, 15) is 4.79 Å². The Balaban J connectivity index is 1.63. The first kappa shape index (κ1) is 20.1. The van der Waals surface area contributed by atoms with E-state index in [0.717, 1.165) is 11.3 Å². The zero-order valence-corrected chi connectivity index (χ0v) is 17.5. The number of benzene rings is 2. The highest BCUT2D eigenvalue weighted by molar-refractivity contribution is 8.02. The zero-order valence-electron chi connectivity index (χ0n) is 15.1. The highest BCUT2D eigenvalue weighted by Crippen LogP contribution is 2.32. The number of para-hydroxylation sites is 1. The summed E-state index contributed by atoms with van der Waals surface area (Å²) in [6, 6.07) is 14.6. The van der Waals surface area contributed by atoms with Gasteiger partial charge in [0.15, 0.2) is 4.34 Å². The second-order valence-corrected chi connectivity index (χ2v) is 8.79. The van der Waals surface area contributed by atoms with Crippen LogP contribution in [0.25, 0.3) is 0 Å². The van der Waals surface area contributed by atoms with Crippen LogP contribution in [0.4, 0.5) is 16.5 Å². The van der Waals surface area contributed by atoms with E-state index >= 15 is 0 Å². The highest BCUT2D eigenvalue weighted by Gasteiger charge is 2.18. The van der Waals surface area contributed by atoms with Crippen molar-refractivity contribution < 1.29 is 4.79 Å². The summed E-state index contributed by atoms with van der Waals surface area (Å²) in [6.07, 6.45) is 0. The summed E-state index contributed by atoms with van der Waals surface area (Å²) in [5.74, 6) is -0.205. The Morgan fingerprint density at radius 1 is 1.21 bits per heavy atom. The molecular formula is C19H16ClN5OS2. The van der Waals surface area contributed by atoms with Crippen LogP contribution in [0.2, 0.25) is 5.02 Å². The third-order valence-electron chi connectivity index (χ3n) is 3.87. The number of hydrogen-bond donors (Lipinski definition) is 2. The predicted molar refractivity (Wildman–Crippen MR) is 114 cm³/mol. The van der Waals surface area contributed by atoms with Gasteiger partial charge in [-0.05, 0) is 43.7 Å². The fourth-order valence-corrected chi connectivity index (χ4v) is 4.38. The number of aromatic nitrogens is 2. The first-order chi connectivity index (χ1) is 13.5. The summed E-state index contributed by atoms with van der Waals surface area (Å²) in [4.78, 5) is 12.4. The van der Waals surface area contributed by atoms with Crippen molar-refractivity contribution in [1.29, 1.82) is 5.26 Å². The molecule has 0 saturated heterocycles. The molecule has 9 heteroatoms. The standard InChI is InChI=1S/C19H16ClN5OS2/c1-11-14(20)7-5-9-15(11)23-18-24-25-19(28-18)27-12(2)17(26)22-16-8-4-3-6-13(16)10-21/h3-9,12H,1-2H3,(H,22,26)(H,23,24). The normalized spacial score (nSPS) is 11.5. The van der Waals surface area contributed by atoms with E-state index in [0.29, 0.717) is 25.7 Å². The van der Waals surface area contributed by atoms with Crippen LogP contribution in [0, 0.1) is 18.3 Å². The summed E-state index contributed by atoms with van der Waals surface area (Å²) < 4.78 is 0.665. The van der Waals surface area contributed by atoms with E-state index in [1.807, 2.05) is 25.1 Å². The molecule has 1 atom stereocenters. The largest absolute Gasteiger partial charge is 0.330 e. The Morgan fingerprint density at radius 2 is 1.96 bits per heavy atom. The molecule has 0 fully saturated rings. The molecule has 0 aliphatic rings. The number of thioether (sulfide) groups is 1. The molecule has 0 aliphatic carbocycles. The van der Waals surface area contributed by atoms with Crippen LogP contribution in [-0.4, -0.2) is 21.4 Å². The molecule has 2 N–H and O–H groups in total. The van der Waals surface area contributed by atoms with Gasteiger partial charge in [-0.2, -0.15) is 5.26 Å². The van der Waals surface area contributed by atoms with Crippen molar-refractivity contribution in [2.75, 3.05) is 10.6 Å². The fourth-order valence-electron chi connectivity index (χ4n) is 2.29. The van der Waals surface area contributed by atoms with Gasteiger partial charge in [0, 0.05) is 10.7 Å². The van der Waals surface area contributed by atoms with Gasteiger partial charge in [-0.25, -0.2) is 0 Å². The summed E-state index contributed by atoms with van der Waals surface area (Å²) in [6.45, 7) is 3.71. The van der Waals surface area contributed by atoms with E-state index in [1.54, 1.807) is 31.2 Å². The van der Waals surface area contributed by atoms with Gasteiger partial charge in [0.1, 0.15) is 6.07 Å². The van der Waals surface area contributed by atoms with Crippen molar-refractivity contribution in [2.24, 2.45) is 0 Å². The summed E-state index contributed by atoms with van der Waals surface area (Å²) >= 11 is 8.80. The van der Waals surface area contributed by atoms with E-state index in [4.69, 9.17) is 16.9 Å². The lowest BCUT2D eigenvalue weighted by Crippen LogP contribution is -2.22. The average molecular weight is 430 g/mol. The molecule has 0 saturated carbocycles. The Kier molecular flexibility index (Phi) is 6.52. The maximum atomic E-state index is 12.4. The van der Waals surface area contributed by atoms with Crippen LogP contribution in [0.1, 0.15) is 18.1 Å². The van der Waals surface area contributed by atoms with Gasteiger partial charge in [-0.3, -0.25) is 4.79 Å². The lowest BCUT2D eigenvalue weighted by molar-refractivity contribution is -0.115. The van der Waals surface area contributed by atoms with Crippen molar-refractivity contribution in [1.82, 2.24) is 10.2 Å². The maximum absolute atomic E-state index is 12.4. The zero-order chi connectivity index (χ0) is 20.1. The molecule has 0 aliphatic heterocycles. The van der Waals surface area contributed by atoms with E-state index in [-0.39, 0.29) is 5.91 Å². The molecule has 6 nitrogen and oxygen atoms in total. The van der Waals surface area contributed by atoms with Crippen molar-refractivity contribution in [2.45, 2.75) is 23.4 Å². The first-order valence-corrected chi connectivity index (χ1v) is 10.4. The van der Waals surface area contributed by atoms with Crippen molar-refractivity contribution in [3.8, 4) is 6.07 Å². The van der Waals surface area contributed by atoms with Crippen LogP contribution in [0.15, 0.2) is 46.8 Å². The smallest absolute Gasteiger partial charge is 0.237 e. The molecule has 28 heavy (non-hydrogen) atoms. The highest BCUT2D eigenvalue weighted by atomic mass is 35.5. The number of nitriles is 1. The topological polar surface area (TPSA) is 90.7 Å². The van der Waals surface area contributed by atoms with Crippen LogP contribution in [0.5, 0.6) is 0 Å².